The highest BCUT2D eigenvalue weighted by molar-refractivity contribution is 6.31. The van der Waals surface area contributed by atoms with Gasteiger partial charge in [0.1, 0.15) is 17.5 Å². The Kier molecular flexibility index (Phi) is 5.53. The number of amides is 1. The molecule has 2 rings (SSSR count). The average Bonchev–Trinajstić information content (AvgIpc) is 2.41. The van der Waals surface area contributed by atoms with Gasteiger partial charge in [-0.15, -0.1) is 0 Å². The van der Waals surface area contributed by atoms with E-state index in [1.165, 1.54) is 0 Å². The first-order valence-electron chi connectivity index (χ1n) is 7.50. The number of rotatable bonds is 3. The number of ether oxygens (including phenoxy) is 2. The van der Waals surface area contributed by atoms with E-state index in [1.54, 1.807) is 18.2 Å². The summed E-state index contributed by atoms with van der Waals surface area (Å²) in [7, 11) is 0. The first kappa shape index (κ1) is 16.9. The first-order chi connectivity index (χ1) is 10.3. The van der Waals surface area contributed by atoms with Gasteiger partial charge in [-0.3, -0.25) is 5.32 Å². The van der Waals surface area contributed by atoms with Crippen molar-refractivity contribution in [1.82, 2.24) is 5.32 Å². The first-order valence-corrected chi connectivity index (χ1v) is 7.88. The monoisotopic (exact) mass is 326 g/mol. The van der Waals surface area contributed by atoms with Crippen molar-refractivity contribution >= 4 is 23.4 Å². The lowest BCUT2D eigenvalue weighted by Gasteiger charge is -2.25. The van der Waals surface area contributed by atoms with Crippen molar-refractivity contribution in [3.63, 3.8) is 0 Å². The molecule has 1 aromatic rings. The lowest BCUT2D eigenvalue weighted by molar-refractivity contribution is 0.0634. The molecule has 5 nitrogen and oxygen atoms in total. The van der Waals surface area contributed by atoms with Gasteiger partial charge in [-0.1, -0.05) is 11.6 Å². The van der Waals surface area contributed by atoms with Crippen LogP contribution < -0.4 is 15.4 Å². The van der Waals surface area contributed by atoms with Crippen LogP contribution in [-0.2, 0) is 4.74 Å². The molecule has 0 aromatic heterocycles. The van der Waals surface area contributed by atoms with Crippen LogP contribution in [0.3, 0.4) is 0 Å². The minimum absolute atomic E-state index is 0.140. The van der Waals surface area contributed by atoms with Gasteiger partial charge in [0.2, 0.25) is 0 Å². The van der Waals surface area contributed by atoms with E-state index in [4.69, 9.17) is 21.1 Å². The van der Waals surface area contributed by atoms with Crippen LogP contribution in [0.25, 0.3) is 0 Å². The van der Waals surface area contributed by atoms with E-state index in [2.05, 4.69) is 10.6 Å². The molecule has 1 aromatic carbocycles. The van der Waals surface area contributed by atoms with Crippen molar-refractivity contribution in [2.45, 2.75) is 45.3 Å². The van der Waals surface area contributed by atoms with E-state index in [0.29, 0.717) is 16.5 Å². The standard InChI is InChI=1S/C16H23ClN2O3/c1-16(2,3)22-15(20)19-13-10-11(17)4-5-14(13)21-12-6-8-18-9-7-12/h4-5,10,12,18H,6-9H2,1-3H3,(H,19,20). The second-order valence-corrected chi connectivity index (χ2v) is 6.77. The van der Waals surface area contributed by atoms with E-state index in [-0.39, 0.29) is 6.10 Å². The third-order valence-electron chi connectivity index (χ3n) is 3.16. The molecule has 0 aliphatic carbocycles. The highest BCUT2D eigenvalue weighted by Gasteiger charge is 2.20. The van der Waals surface area contributed by atoms with Gasteiger partial charge in [0.05, 0.1) is 5.69 Å². The fourth-order valence-corrected chi connectivity index (χ4v) is 2.38. The maximum atomic E-state index is 11.9. The minimum Gasteiger partial charge on any atom is -0.488 e. The maximum absolute atomic E-state index is 11.9. The van der Waals surface area contributed by atoms with E-state index in [0.717, 1.165) is 25.9 Å². The summed E-state index contributed by atoms with van der Waals surface area (Å²) in [6.07, 6.45) is 1.50. The lowest BCUT2D eigenvalue weighted by atomic mass is 10.1. The normalized spacial score (nSPS) is 16.2. The van der Waals surface area contributed by atoms with Crippen LogP contribution >= 0.6 is 11.6 Å². The Morgan fingerprint density at radius 2 is 2.00 bits per heavy atom. The van der Waals surface area contributed by atoms with Crippen LogP contribution in [0.5, 0.6) is 5.75 Å². The topological polar surface area (TPSA) is 59.6 Å². The molecule has 1 aliphatic rings. The molecule has 0 radical (unpaired) electrons. The zero-order chi connectivity index (χ0) is 16.2. The predicted molar refractivity (Wildman–Crippen MR) is 87.8 cm³/mol. The number of carbonyl (C=O) groups is 1. The summed E-state index contributed by atoms with van der Waals surface area (Å²) in [6, 6.07) is 5.19. The van der Waals surface area contributed by atoms with Crippen molar-refractivity contribution in [3.05, 3.63) is 23.2 Å². The van der Waals surface area contributed by atoms with Crippen LogP contribution in [0, 0.1) is 0 Å². The summed E-state index contributed by atoms with van der Waals surface area (Å²) in [5.74, 6) is 0.613. The summed E-state index contributed by atoms with van der Waals surface area (Å²) in [4.78, 5) is 11.9. The number of hydrogen-bond acceptors (Lipinski definition) is 4. The molecule has 1 heterocycles. The molecule has 1 saturated heterocycles. The molecule has 1 fully saturated rings. The second kappa shape index (κ2) is 7.20. The Morgan fingerprint density at radius 3 is 2.64 bits per heavy atom. The van der Waals surface area contributed by atoms with Crippen molar-refractivity contribution in [2.24, 2.45) is 0 Å². The number of halogens is 1. The van der Waals surface area contributed by atoms with Crippen LogP contribution in [-0.4, -0.2) is 30.9 Å². The van der Waals surface area contributed by atoms with Gasteiger partial charge in [-0.05, 0) is 64.9 Å². The van der Waals surface area contributed by atoms with Gasteiger partial charge >= 0.3 is 6.09 Å². The molecule has 1 aliphatic heterocycles. The number of piperidine rings is 1. The molecule has 6 heteroatoms. The van der Waals surface area contributed by atoms with Gasteiger partial charge < -0.3 is 14.8 Å². The summed E-state index contributed by atoms with van der Waals surface area (Å²) >= 11 is 6.02. The lowest BCUT2D eigenvalue weighted by Crippen LogP contribution is -2.34. The third-order valence-corrected chi connectivity index (χ3v) is 3.39. The largest absolute Gasteiger partial charge is 0.488 e. The Morgan fingerprint density at radius 1 is 1.32 bits per heavy atom. The third kappa shape index (κ3) is 5.39. The Labute approximate surface area is 136 Å². The molecule has 2 N–H and O–H groups in total. The molecule has 0 atom stereocenters. The summed E-state index contributed by atoms with van der Waals surface area (Å²) in [6.45, 7) is 7.32. The van der Waals surface area contributed by atoms with Gasteiger partial charge in [0.25, 0.3) is 0 Å². The van der Waals surface area contributed by atoms with Gasteiger partial charge in [0, 0.05) is 5.02 Å². The molecule has 1 amide bonds. The summed E-state index contributed by atoms with van der Waals surface area (Å²) < 4.78 is 11.3. The quantitative estimate of drug-likeness (QED) is 0.886. The van der Waals surface area contributed by atoms with Crippen molar-refractivity contribution in [3.8, 4) is 5.75 Å². The predicted octanol–water partition coefficient (Wildman–Crippen LogP) is 3.82. The van der Waals surface area contributed by atoms with Gasteiger partial charge in [0.15, 0.2) is 0 Å². The SMILES string of the molecule is CC(C)(C)OC(=O)Nc1cc(Cl)ccc1OC1CCNCC1. The average molecular weight is 327 g/mol. The van der Waals surface area contributed by atoms with Crippen LogP contribution in [0.1, 0.15) is 33.6 Å². The molecule has 0 bridgehead atoms. The molecule has 122 valence electrons. The molecule has 0 unspecified atom stereocenters. The number of nitrogens with one attached hydrogen (secondary N) is 2. The van der Waals surface area contributed by atoms with E-state index >= 15 is 0 Å². The van der Waals surface area contributed by atoms with E-state index in [9.17, 15) is 4.79 Å². The highest BCUT2D eigenvalue weighted by Crippen LogP contribution is 2.30. The molecule has 0 spiro atoms. The smallest absolute Gasteiger partial charge is 0.412 e. The number of benzene rings is 1. The van der Waals surface area contributed by atoms with Crippen molar-refractivity contribution in [2.75, 3.05) is 18.4 Å². The fraction of sp³-hybridized carbons (Fsp3) is 0.562. The van der Waals surface area contributed by atoms with E-state index in [1.807, 2.05) is 20.8 Å². The van der Waals surface area contributed by atoms with Gasteiger partial charge in [-0.25, -0.2) is 4.79 Å². The number of carbonyl (C=O) groups excluding carboxylic acids is 1. The van der Waals surface area contributed by atoms with Crippen molar-refractivity contribution < 1.29 is 14.3 Å². The van der Waals surface area contributed by atoms with Crippen LogP contribution in [0.4, 0.5) is 10.5 Å². The van der Waals surface area contributed by atoms with E-state index < -0.39 is 11.7 Å². The zero-order valence-electron chi connectivity index (χ0n) is 13.2. The zero-order valence-corrected chi connectivity index (χ0v) is 14.0. The Hall–Kier alpha value is -1.46. The summed E-state index contributed by atoms with van der Waals surface area (Å²) in [5.41, 5.74) is -0.0288. The van der Waals surface area contributed by atoms with Crippen molar-refractivity contribution in [1.29, 1.82) is 0 Å². The Balaban J connectivity index is 2.08. The highest BCUT2D eigenvalue weighted by atomic mass is 35.5. The Bertz CT molecular complexity index is 523. The molecular formula is C16H23ClN2O3. The van der Waals surface area contributed by atoms with Gasteiger partial charge in [-0.2, -0.15) is 0 Å². The fourth-order valence-electron chi connectivity index (χ4n) is 2.21. The van der Waals surface area contributed by atoms with Crippen LogP contribution in [0.2, 0.25) is 5.02 Å². The van der Waals surface area contributed by atoms with Crippen LogP contribution in [0.15, 0.2) is 18.2 Å². The number of anilines is 1. The second-order valence-electron chi connectivity index (χ2n) is 6.33. The summed E-state index contributed by atoms with van der Waals surface area (Å²) in [5, 5.41) is 6.53. The maximum Gasteiger partial charge on any atom is 0.412 e. The minimum atomic E-state index is -0.557. The molecular weight excluding hydrogens is 304 g/mol. The number of hydrogen-bond donors (Lipinski definition) is 2. The molecule has 22 heavy (non-hydrogen) atoms. The molecule has 0 saturated carbocycles.